The molecule has 0 aromatic heterocycles. The summed E-state index contributed by atoms with van der Waals surface area (Å²) in [7, 11) is 2.67. The van der Waals surface area contributed by atoms with Crippen LogP contribution >= 0.6 is 11.8 Å². The van der Waals surface area contributed by atoms with Crippen LogP contribution in [-0.2, 0) is 19.1 Å². The standard InChI is InChI=1S/C13H24O4S/c1-4-5-6-7-8-18-10-11(13(15)17-3)9-12(14)16-2/h11H,4-10H2,1-3H3. The molecule has 0 spiro atoms. The van der Waals surface area contributed by atoms with Gasteiger partial charge in [0.1, 0.15) is 0 Å². The lowest BCUT2D eigenvalue weighted by Gasteiger charge is -2.12. The van der Waals surface area contributed by atoms with Gasteiger partial charge in [0.25, 0.3) is 0 Å². The number of esters is 2. The molecule has 0 amide bonds. The van der Waals surface area contributed by atoms with Crippen LogP contribution < -0.4 is 0 Å². The van der Waals surface area contributed by atoms with E-state index in [1.165, 1.54) is 33.5 Å². The highest BCUT2D eigenvalue weighted by atomic mass is 32.2. The average molecular weight is 276 g/mol. The Kier molecular flexibility index (Phi) is 10.9. The zero-order valence-corrected chi connectivity index (χ0v) is 12.4. The second-order valence-corrected chi connectivity index (χ2v) is 5.29. The van der Waals surface area contributed by atoms with Crippen LogP contribution in [0.5, 0.6) is 0 Å². The molecule has 0 aliphatic heterocycles. The molecule has 4 nitrogen and oxygen atoms in total. The Morgan fingerprint density at radius 2 is 1.83 bits per heavy atom. The lowest BCUT2D eigenvalue weighted by Crippen LogP contribution is -2.22. The van der Waals surface area contributed by atoms with Crippen molar-refractivity contribution in [2.45, 2.75) is 39.0 Å². The summed E-state index contributed by atoms with van der Waals surface area (Å²) in [4.78, 5) is 22.7. The molecule has 0 rings (SSSR count). The van der Waals surface area contributed by atoms with E-state index in [-0.39, 0.29) is 18.4 Å². The summed E-state index contributed by atoms with van der Waals surface area (Å²) in [5.41, 5.74) is 0. The minimum absolute atomic E-state index is 0.102. The molecule has 18 heavy (non-hydrogen) atoms. The second kappa shape index (κ2) is 11.4. The first-order valence-corrected chi connectivity index (χ1v) is 7.53. The predicted molar refractivity (Wildman–Crippen MR) is 73.6 cm³/mol. The van der Waals surface area contributed by atoms with Gasteiger partial charge in [-0.05, 0) is 12.2 Å². The fourth-order valence-electron chi connectivity index (χ4n) is 1.52. The van der Waals surface area contributed by atoms with Crippen LogP contribution in [0.2, 0.25) is 0 Å². The maximum absolute atomic E-state index is 11.5. The number of carbonyl (C=O) groups excluding carboxylic acids is 2. The van der Waals surface area contributed by atoms with Crippen LogP contribution in [0.4, 0.5) is 0 Å². The molecule has 0 saturated heterocycles. The quantitative estimate of drug-likeness (QED) is 0.453. The van der Waals surface area contributed by atoms with Gasteiger partial charge in [0, 0.05) is 5.75 Å². The van der Waals surface area contributed by atoms with Gasteiger partial charge < -0.3 is 9.47 Å². The predicted octanol–water partition coefficient (Wildman–Crippen LogP) is 2.65. The summed E-state index contributed by atoms with van der Waals surface area (Å²) in [6.45, 7) is 2.18. The van der Waals surface area contributed by atoms with E-state index in [0.717, 1.165) is 12.2 Å². The number of rotatable bonds is 10. The monoisotopic (exact) mass is 276 g/mol. The van der Waals surface area contributed by atoms with Crippen molar-refractivity contribution >= 4 is 23.7 Å². The largest absolute Gasteiger partial charge is 0.469 e. The van der Waals surface area contributed by atoms with E-state index < -0.39 is 5.92 Å². The minimum Gasteiger partial charge on any atom is -0.469 e. The van der Waals surface area contributed by atoms with E-state index in [2.05, 4.69) is 11.7 Å². The maximum atomic E-state index is 11.5. The van der Waals surface area contributed by atoms with Gasteiger partial charge in [-0.15, -0.1) is 0 Å². The van der Waals surface area contributed by atoms with Crippen molar-refractivity contribution in [2.75, 3.05) is 25.7 Å². The van der Waals surface area contributed by atoms with Crippen LogP contribution in [0.25, 0.3) is 0 Å². The topological polar surface area (TPSA) is 52.6 Å². The molecule has 0 radical (unpaired) electrons. The number of thioether (sulfide) groups is 1. The summed E-state index contributed by atoms with van der Waals surface area (Å²) < 4.78 is 9.27. The fourth-order valence-corrected chi connectivity index (χ4v) is 2.63. The highest BCUT2D eigenvalue weighted by molar-refractivity contribution is 7.99. The van der Waals surface area contributed by atoms with Crippen LogP contribution in [0.15, 0.2) is 0 Å². The van der Waals surface area contributed by atoms with Crippen LogP contribution in [-0.4, -0.2) is 37.7 Å². The Morgan fingerprint density at radius 1 is 1.11 bits per heavy atom. The Bertz CT molecular complexity index is 243. The number of unbranched alkanes of at least 4 members (excludes halogenated alkanes) is 3. The summed E-state index contributed by atoms with van der Waals surface area (Å²) >= 11 is 1.70. The molecule has 1 unspecified atom stereocenters. The van der Waals surface area contributed by atoms with Gasteiger partial charge >= 0.3 is 11.9 Å². The molecule has 5 heteroatoms. The molecule has 0 saturated carbocycles. The third kappa shape index (κ3) is 8.39. The molecule has 0 N–H and O–H groups in total. The second-order valence-electron chi connectivity index (χ2n) is 4.14. The van der Waals surface area contributed by atoms with E-state index in [4.69, 9.17) is 4.74 Å². The number of hydrogen-bond donors (Lipinski definition) is 0. The lowest BCUT2D eigenvalue weighted by atomic mass is 10.1. The van der Waals surface area contributed by atoms with Crippen molar-refractivity contribution in [1.29, 1.82) is 0 Å². The van der Waals surface area contributed by atoms with Crippen LogP contribution in [0.1, 0.15) is 39.0 Å². The molecule has 0 bridgehead atoms. The van der Waals surface area contributed by atoms with Gasteiger partial charge in [0.15, 0.2) is 0 Å². The molecule has 0 aromatic rings. The van der Waals surface area contributed by atoms with Crippen molar-refractivity contribution in [3.05, 3.63) is 0 Å². The Balaban J connectivity index is 3.87. The molecular formula is C13H24O4S. The normalized spacial score (nSPS) is 11.9. The van der Waals surface area contributed by atoms with E-state index in [1.54, 1.807) is 11.8 Å². The van der Waals surface area contributed by atoms with Crippen molar-refractivity contribution in [2.24, 2.45) is 5.92 Å². The highest BCUT2D eigenvalue weighted by Gasteiger charge is 2.22. The van der Waals surface area contributed by atoms with Crippen molar-refractivity contribution in [1.82, 2.24) is 0 Å². The Morgan fingerprint density at radius 3 is 2.39 bits per heavy atom. The number of carbonyl (C=O) groups is 2. The van der Waals surface area contributed by atoms with Crippen molar-refractivity contribution < 1.29 is 19.1 Å². The average Bonchev–Trinajstić information content (AvgIpc) is 2.40. The molecule has 0 aromatic carbocycles. The molecule has 106 valence electrons. The Labute approximate surface area is 114 Å². The smallest absolute Gasteiger partial charge is 0.310 e. The molecule has 0 heterocycles. The van der Waals surface area contributed by atoms with Crippen molar-refractivity contribution in [3.8, 4) is 0 Å². The zero-order chi connectivity index (χ0) is 13.8. The fraction of sp³-hybridized carbons (Fsp3) is 0.846. The molecule has 0 aliphatic rings. The van der Waals surface area contributed by atoms with E-state index in [9.17, 15) is 9.59 Å². The van der Waals surface area contributed by atoms with Gasteiger partial charge in [-0.3, -0.25) is 9.59 Å². The lowest BCUT2D eigenvalue weighted by molar-refractivity contribution is -0.151. The Hall–Kier alpha value is -0.710. The van der Waals surface area contributed by atoms with Crippen LogP contribution in [0.3, 0.4) is 0 Å². The first kappa shape index (κ1) is 17.3. The third-order valence-electron chi connectivity index (χ3n) is 2.64. The maximum Gasteiger partial charge on any atom is 0.310 e. The first-order chi connectivity index (χ1) is 8.65. The van der Waals surface area contributed by atoms with E-state index in [1.807, 2.05) is 0 Å². The van der Waals surface area contributed by atoms with Crippen molar-refractivity contribution in [3.63, 3.8) is 0 Å². The van der Waals surface area contributed by atoms with Gasteiger partial charge in [0.2, 0.25) is 0 Å². The van der Waals surface area contributed by atoms with Gasteiger partial charge in [-0.1, -0.05) is 26.2 Å². The van der Waals surface area contributed by atoms with Gasteiger partial charge in [0.05, 0.1) is 26.6 Å². The molecule has 0 fully saturated rings. The highest BCUT2D eigenvalue weighted by Crippen LogP contribution is 2.16. The van der Waals surface area contributed by atoms with Gasteiger partial charge in [-0.25, -0.2) is 0 Å². The number of methoxy groups -OCH3 is 2. The number of ether oxygens (including phenoxy) is 2. The molecule has 1 atom stereocenters. The minimum atomic E-state index is -0.390. The summed E-state index contributed by atoms with van der Waals surface area (Å²) in [6.07, 6.45) is 4.96. The molecular weight excluding hydrogens is 252 g/mol. The number of hydrogen-bond acceptors (Lipinski definition) is 5. The summed E-state index contributed by atoms with van der Waals surface area (Å²) in [5.74, 6) is 0.555. The first-order valence-electron chi connectivity index (χ1n) is 6.38. The van der Waals surface area contributed by atoms with E-state index in [0.29, 0.717) is 5.75 Å². The SMILES string of the molecule is CCCCCCSCC(CC(=O)OC)C(=O)OC. The summed E-state index contributed by atoms with van der Waals surface area (Å²) in [6, 6.07) is 0. The van der Waals surface area contributed by atoms with E-state index >= 15 is 0 Å². The summed E-state index contributed by atoms with van der Waals surface area (Å²) in [5, 5.41) is 0. The third-order valence-corrected chi connectivity index (χ3v) is 3.85. The van der Waals surface area contributed by atoms with Crippen LogP contribution in [0, 0.1) is 5.92 Å². The zero-order valence-electron chi connectivity index (χ0n) is 11.6. The molecule has 0 aliphatic carbocycles. The van der Waals surface area contributed by atoms with Gasteiger partial charge in [-0.2, -0.15) is 11.8 Å².